The summed E-state index contributed by atoms with van der Waals surface area (Å²) in [4.78, 5) is 11.0. The van der Waals surface area contributed by atoms with Crippen LogP contribution in [0.15, 0.2) is 0 Å². The predicted molar refractivity (Wildman–Crippen MR) is 40.4 cm³/mol. The molecular formula is C7H13NO4. The number of carbonyl (C=O) groups is 1. The van der Waals surface area contributed by atoms with E-state index in [-0.39, 0.29) is 19.1 Å². The summed E-state index contributed by atoms with van der Waals surface area (Å²) >= 11 is 0. The Morgan fingerprint density at radius 2 is 2.42 bits per heavy atom. The second kappa shape index (κ2) is 4.39. The molecule has 0 aromatic rings. The highest BCUT2D eigenvalue weighted by atomic mass is 16.6. The van der Waals surface area contributed by atoms with E-state index >= 15 is 0 Å². The van der Waals surface area contributed by atoms with Crippen LogP contribution in [0, 0.1) is 0 Å². The molecule has 1 rings (SSSR count). The lowest BCUT2D eigenvalue weighted by atomic mass is 10.2. The summed E-state index contributed by atoms with van der Waals surface area (Å²) in [6, 6.07) is -0.712. The Labute approximate surface area is 70.4 Å². The van der Waals surface area contributed by atoms with Crippen LogP contribution in [0.4, 0.5) is 0 Å². The summed E-state index contributed by atoms with van der Waals surface area (Å²) in [6.45, 7) is 0.812. The van der Waals surface area contributed by atoms with Crippen LogP contribution in [-0.2, 0) is 14.3 Å². The minimum absolute atomic E-state index is 0.0998. The Hall–Kier alpha value is -0.650. The van der Waals surface area contributed by atoms with Crippen molar-refractivity contribution in [2.75, 3.05) is 19.8 Å². The van der Waals surface area contributed by atoms with E-state index in [4.69, 9.17) is 20.3 Å². The molecule has 1 atom stereocenters. The summed E-state index contributed by atoms with van der Waals surface area (Å²) in [7, 11) is 0. The average Bonchev–Trinajstić information content (AvgIpc) is 1.97. The number of esters is 1. The van der Waals surface area contributed by atoms with Crippen LogP contribution in [0.1, 0.15) is 6.42 Å². The number of nitrogens with two attached hydrogens (primary N) is 1. The zero-order valence-corrected chi connectivity index (χ0v) is 6.73. The monoisotopic (exact) mass is 175 g/mol. The Kier molecular flexibility index (Phi) is 3.46. The smallest absolute Gasteiger partial charge is 0.323 e. The summed E-state index contributed by atoms with van der Waals surface area (Å²) in [5.74, 6) is -0.461. The zero-order chi connectivity index (χ0) is 8.97. The Balaban J connectivity index is 2.16. The predicted octanol–water partition coefficient (Wildman–Crippen LogP) is -1.36. The van der Waals surface area contributed by atoms with E-state index in [1.807, 2.05) is 0 Å². The molecule has 0 aromatic heterocycles. The molecule has 0 amide bonds. The first-order valence-electron chi connectivity index (χ1n) is 3.88. The summed E-state index contributed by atoms with van der Waals surface area (Å²) in [6.07, 6.45) is 0.106. The average molecular weight is 175 g/mol. The van der Waals surface area contributed by atoms with Gasteiger partial charge in [-0.05, 0) is 6.42 Å². The molecule has 1 saturated heterocycles. The molecule has 1 fully saturated rings. The van der Waals surface area contributed by atoms with E-state index in [2.05, 4.69) is 0 Å². The lowest BCUT2D eigenvalue weighted by Gasteiger charge is -2.26. The highest BCUT2D eigenvalue weighted by Gasteiger charge is 2.25. The number of aliphatic hydroxyl groups excluding tert-OH is 1. The van der Waals surface area contributed by atoms with E-state index in [1.54, 1.807) is 0 Å². The minimum Gasteiger partial charge on any atom is -0.456 e. The molecule has 1 heterocycles. The van der Waals surface area contributed by atoms with E-state index in [0.717, 1.165) is 0 Å². The van der Waals surface area contributed by atoms with Crippen molar-refractivity contribution in [3.05, 3.63) is 0 Å². The normalized spacial score (nSPS) is 19.8. The number of aliphatic hydroxyl groups is 1. The maximum absolute atomic E-state index is 11.0. The molecule has 3 N–H and O–H groups in total. The van der Waals surface area contributed by atoms with Gasteiger partial charge in [0.1, 0.15) is 12.1 Å². The lowest BCUT2D eigenvalue weighted by molar-refractivity contribution is -0.173. The molecule has 0 unspecified atom stereocenters. The largest absolute Gasteiger partial charge is 0.456 e. The third-order valence-electron chi connectivity index (χ3n) is 1.63. The number of ether oxygens (including phenoxy) is 2. The summed E-state index contributed by atoms with van der Waals surface area (Å²) < 4.78 is 9.71. The van der Waals surface area contributed by atoms with Gasteiger partial charge in [0, 0.05) is 6.61 Å². The molecule has 0 saturated carbocycles. The molecule has 0 aromatic carbocycles. The van der Waals surface area contributed by atoms with Gasteiger partial charge in [-0.2, -0.15) is 0 Å². The molecular weight excluding hydrogens is 162 g/mol. The van der Waals surface area contributed by atoms with Crippen molar-refractivity contribution in [3.8, 4) is 0 Å². The first kappa shape index (κ1) is 9.44. The Morgan fingerprint density at radius 3 is 2.83 bits per heavy atom. The number of hydrogen-bond acceptors (Lipinski definition) is 5. The van der Waals surface area contributed by atoms with E-state index < -0.39 is 12.0 Å². The van der Waals surface area contributed by atoms with Gasteiger partial charge in [0.2, 0.25) is 0 Å². The van der Waals surface area contributed by atoms with E-state index in [1.165, 1.54) is 0 Å². The number of rotatable bonds is 4. The number of carbonyl (C=O) groups excluding carboxylic acids is 1. The highest BCUT2D eigenvalue weighted by Crippen LogP contribution is 2.06. The van der Waals surface area contributed by atoms with Crippen molar-refractivity contribution in [2.45, 2.75) is 18.6 Å². The van der Waals surface area contributed by atoms with Crippen LogP contribution < -0.4 is 5.73 Å². The minimum atomic E-state index is -0.712. The fraction of sp³-hybridized carbons (Fsp3) is 0.857. The molecule has 70 valence electrons. The van der Waals surface area contributed by atoms with Crippen LogP contribution in [0.2, 0.25) is 0 Å². The molecule has 1 aliphatic heterocycles. The fourth-order valence-corrected chi connectivity index (χ4v) is 0.791. The van der Waals surface area contributed by atoms with Crippen LogP contribution in [0.5, 0.6) is 0 Å². The van der Waals surface area contributed by atoms with Gasteiger partial charge in [-0.1, -0.05) is 0 Å². The van der Waals surface area contributed by atoms with E-state index in [9.17, 15) is 4.79 Å². The van der Waals surface area contributed by atoms with Crippen molar-refractivity contribution in [1.82, 2.24) is 0 Å². The van der Waals surface area contributed by atoms with Gasteiger partial charge >= 0.3 is 5.97 Å². The van der Waals surface area contributed by atoms with Gasteiger partial charge in [0.15, 0.2) is 0 Å². The third-order valence-corrected chi connectivity index (χ3v) is 1.63. The van der Waals surface area contributed by atoms with Crippen molar-refractivity contribution in [1.29, 1.82) is 0 Å². The quantitative estimate of drug-likeness (QED) is 0.515. The highest BCUT2D eigenvalue weighted by molar-refractivity contribution is 5.75. The maximum atomic E-state index is 11.0. The number of hydrogen-bond donors (Lipinski definition) is 2. The molecule has 12 heavy (non-hydrogen) atoms. The molecule has 0 aliphatic carbocycles. The second-order valence-corrected chi connectivity index (χ2v) is 2.72. The molecule has 1 aliphatic rings. The Morgan fingerprint density at radius 1 is 1.75 bits per heavy atom. The Bertz CT molecular complexity index is 157. The van der Waals surface area contributed by atoms with Crippen LogP contribution >= 0.6 is 0 Å². The summed E-state index contributed by atoms with van der Waals surface area (Å²) in [5.41, 5.74) is 5.38. The molecule has 0 spiro atoms. The first-order chi connectivity index (χ1) is 5.74. The van der Waals surface area contributed by atoms with Crippen LogP contribution in [0.25, 0.3) is 0 Å². The van der Waals surface area contributed by atoms with Gasteiger partial charge in [-0.25, -0.2) is 0 Å². The van der Waals surface area contributed by atoms with Gasteiger partial charge in [-0.3, -0.25) is 4.79 Å². The standard InChI is InChI=1S/C7H13NO4/c8-6(1-2-9)7(10)12-5-3-11-4-5/h5-6,9H,1-4,8H2/t6-/m1/s1. The lowest BCUT2D eigenvalue weighted by Crippen LogP contribution is -2.43. The van der Waals surface area contributed by atoms with E-state index in [0.29, 0.717) is 13.2 Å². The van der Waals surface area contributed by atoms with Gasteiger partial charge in [-0.15, -0.1) is 0 Å². The van der Waals surface area contributed by atoms with Crippen molar-refractivity contribution in [2.24, 2.45) is 5.73 Å². The second-order valence-electron chi connectivity index (χ2n) is 2.72. The van der Waals surface area contributed by atoms with Crippen molar-refractivity contribution in [3.63, 3.8) is 0 Å². The topological polar surface area (TPSA) is 81.8 Å². The van der Waals surface area contributed by atoms with Gasteiger partial charge in [0.25, 0.3) is 0 Å². The summed E-state index contributed by atoms with van der Waals surface area (Å²) in [5, 5.41) is 8.48. The molecule has 0 radical (unpaired) electrons. The SMILES string of the molecule is N[C@H](CCO)C(=O)OC1COC1. The maximum Gasteiger partial charge on any atom is 0.323 e. The van der Waals surface area contributed by atoms with Crippen LogP contribution in [0.3, 0.4) is 0 Å². The van der Waals surface area contributed by atoms with Crippen molar-refractivity contribution >= 4 is 5.97 Å². The molecule has 0 bridgehead atoms. The molecule has 5 heteroatoms. The third kappa shape index (κ3) is 2.44. The van der Waals surface area contributed by atoms with Crippen LogP contribution in [-0.4, -0.2) is 43.0 Å². The fourth-order valence-electron chi connectivity index (χ4n) is 0.791. The first-order valence-corrected chi connectivity index (χ1v) is 3.88. The zero-order valence-electron chi connectivity index (χ0n) is 6.73. The van der Waals surface area contributed by atoms with Gasteiger partial charge in [0.05, 0.1) is 13.2 Å². The molecule has 5 nitrogen and oxygen atoms in total. The van der Waals surface area contributed by atoms with Gasteiger partial charge < -0.3 is 20.3 Å². The van der Waals surface area contributed by atoms with Crippen molar-refractivity contribution < 1.29 is 19.4 Å².